The quantitative estimate of drug-likeness (QED) is 0.832. The number of ether oxygens (including phenoxy) is 2. The zero-order valence-electron chi connectivity index (χ0n) is 14.9. The van der Waals surface area contributed by atoms with Gasteiger partial charge in [0.15, 0.2) is 0 Å². The van der Waals surface area contributed by atoms with Gasteiger partial charge in [0, 0.05) is 18.7 Å². The number of carbonyl (C=O) groups excluding carboxylic acids is 1. The first-order valence-corrected chi connectivity index (χ1v) is 8.71. The molecule has 2 aliphatic rings. The highest BCUT2D eigenvalue weighted by Gasteiger charge is 2.44. The molecule has 1 aromatic carbocycles. The number of benzene rings is 1. The van der Waals surface area contributed by atoms with Gasteiger partial charge in [-0.1, -0.05) is 6.07 Å². The van der Waals surface area contributed by atoms with E-state index in [0.29, 0.717) is 37.4 Å². The van der Waals surface area contributed by atoms with Crippen LogP contribution < -0.4 is 0 Å². The number of hydrogen-bond donors (Lipinski definition) is 0. The van der Waals surface area contributed by atoms with E-state index in [2.05, 4.69) is 11.0 Å². The molecule has 0 bridgehead atoms. The molecule has 25 heavy (non-hydrogen) atoms. The van der Waals surface area contributed by atoms with Gasteiger partial charge in [-0.2, -0.15) is 5.26 Å². The minimum Gasteiger partial charge on any atom is -0.377 e. The van der Waals surface area contributed by atoms with Gasteiger partial charge < -0.3 is 19.3 Å². The average Bonchev–Trinajstić information content (AvgIpc) is 2.86. The second-order valence-electron chi connectivity index (χ2n) is 7.20. The number of amides is 1. The molecule has 0 aromatic heterocycles. The third-order valence-electron chi connectivity index (χ3n) is 4.78. The summed E-state index contributed by atoms with van der Waals surface area (Å²) in [6, 6.07) is 8.93. The first kappa shape index (κ1) is 17.9. The van der Waals surface area contributed by atoms with E-state index >= 15 is 0 Å². The van der Waals surface area contributed by atoms with Crippen molar-refractivity contribution in [2.75, 3.05) is 46.9 Å². The minimum atomic E-state index is -0.417. The summed E-state index contributed by atoms with van der Waals surface area (Å²) < 4.78 is 12.1. The van der Waals surface area contributed by atoms with Crippen LogP contribution in [0.15, 0.2) is 24.3 Å². The van der Waals surface area contributed by atoms with Crippen molar-refractivity contribution in [1.29, 1.82) is 5.26 Å². The van der Waals surface area contributed by atoms with E-state index in [1.807, 2.05) is 19.0 Å². The van der Waals surface area contributed by atoms with Gasteiger partial charge in [0.2, 0.25) is 0 Å². The van der Waals surface area contributed by atoms with Crippen LogP contribution in [-0.4, -0.2) is 74.4 Å². The lowest BCUT2D eigenvalue weighted by Gasteiger charge is -2.32. The summed E-state index contributed by atoms with van der Waals surface area (Å²) in [5.41, 5.74) is 0.619. The molecule has 6 nitrogen and oxygen atoms in total. The number of rotatable bonds is 3. The maximum atomic E-state index is 12.9. The van der Waals surface area contributed by atoms with Crippen LogP contribution in [-0.2, 0) is 9.47 Å². The number of nitrogens with zero attached hydrogens (tertiary/aromatic N) is 3. The van der Waals surface area contributed by atoms with Gasteiger partial charge in [-0.05, 0) is 45.1 Å². The number of hydrogen-bond acceptors (Lipinski definition) is 5. The van der Waals surface area contributed by atoms with Gasteiger partial charge in [0.05, 0.1) is 37.5 Å². The zero-order valence-corrected chi connectivity index (χ0v) is 14.9. The van der Waals surface area contributed by atoms with E-state index < -0.39 is 5.60 Å². The Morgan fingerprint density at radius 3 is 3.08 bits per heavy atom. The Bertz CT molecular complexity index is 670. The highest BCUT2D eigenvalue weighted by atomic mass is 16.6. The first-order valence-electron chi connectivity index (χ1n) is 8.71. The molecular weight excluding hydrogens is 318 g/mol. The van der Waals surface area contributed by atoms with Crippen LogP contribution in [0.25, 0.3) is 0 Å². The summed E-state index contributed by atoms with van der Waals surface area (Å²) in [7, 11) is 4.08. The fourth-order valence-electron chi connectivity index (χ4n) is 3.64. The van der Waals surface area contributed by atoms with Crippen molar-refractivity contribution >= 4 is 5.91 Å². The molecule has 1 amide bonds. The summed E-state index contributed by atoms with van der Waals surface area (Å²) in [5.74, 6) is -0.0679. The molecule has 0 aliphatic carbocycles. The second kappa shape index (κ2) is 7.52. The van der Waals surface area contributed by atoms with Crippen LogP contribution in [0.3, 0.4) is 0 Å². The van der Waals surface area contributed by atoms with Crippen LogP contribution in [0.1, 0.15) is 28.8 Å². The SMILES string of the molecule is CN(C)CC1CCC2(COCCN(C(=O)c3cccc(C#N)c3)C2)O1. The molecule has 2 unspecified atom stereocenters. The molecule has 134 valence electrons. The predicted molar refractivity (Wildman–Crippen MR) is 93.3 cm³/mol. The van der Waals surface area contributed by atoms with Gasteiger partial charge in [-0.25, -0.2) is 0 Å². The molecule has 2 saturated heterocycles. The van der Waals surface area contributed by atoms with Gasteiger partial charge in [0.1, 0.15) is 5.60 Å². The lowest BCUT2D eigenvalue weighted by Crippen LogP contribution is -2.47. The van der Waals surface area contributed by atoms with Crippen molar-refractivity contribution in [2.24, 2.45) is 0 Å². The van der Waals surface area contributed by atoms with Crippen LogP contribution in [0.4, 0.5) is 0 Å². The monoisotopic (exact) mass is 343 g/mol. The van der Waals surface area contributed by atoms with Crippen LogP contribution in [0.5, 0.6) is 0 Å². The maximum absolute atomic E-state index is 12.9. The summed E-state index contributed by atoms with van der Waals surface area (Å²) in [6.07, 6.45) is 2.05. The summed E-state index contributed by atoms with van der Waals surface area (Å²) in [6.45, 7) is 2.98. The van der Waals surface area contributed by atoms with Gasteiger partial charge in [-0.15, -0.1) is 0 Å². The van der Waals surface area contributed by atoms with E-state index in [9.17, 15) is 4.79 Å². The van der Waals surface area contributed by atoms with E-state index in [4.69, 9.17) is 14.7 Å². The molecule has 0 saturated carbocycles. The summed E-state index contributed by atoms with van der Waals surface area (Å²) >= 11 is 0. The lowest BCUT2D eigenvalue weighted by molar-refractivity contribution is -0.0878. The predicted octanol–water partition coefficient (Wildman–Crippen LogP) is 1.51. The Hall–Kier alpha value is -1.94. The largest absolute Gasteiger partial charge is 0.377 e. The van der Waals surface area contributed by atoms with Crippen LogP contribution in [0, 0.1) is 11.3 Å². The zero-order chi connectivity index (χ0) is 17.9. The Labute approximate surface area is 148 Å². The van der Waals surface area contributed by atoms with Crippen molar-refractivity contribution in [3.63, 3.8) is 0 Å². The fourth-order valence-corrected chi connectivity index (χ4v) is 3.64. The molecule has 2 aliphatic heterocycles. The fraction of sp³-hybridized carbons (Fsp3) is 0.579. The van der Waals surface area contributed by atoms with Crippen molar-refractivity contribution in [3.05, 3.63) is 35.4 Å². The molecule has 6 heteroatoms. The molecule has 0 radical (unpaired) electrons. The Kier molecular flexibility index (Phi) is 5.38. The third kappa shape index (κ3) is 4.18. The van der Waals surface area contributed by atoms with Crippen molar-refractivity contribution in [3.8, 4) is 6.07 Å². The van der Waals surface area contributed by atoms with Gasteiger partial charge in [0.25, 0.3) is 5.91 Å². The Morgan fingerprint density at radius 2 is 2.32 bits per heavy atom. The topological polar surface area (TPSA) is 65.8 Å². The van der Waals surface area contributed by atoms with Crippen LogP contribution in [0.2, 0.25) is 0 Å². The summed E-state index contributed by atoms with van der Waals surface area (Å²) in [5, 5.41) is 9.05. The highest BCUT2D eigenvalue weighted by molar-refractivity contribution is 5.94. The van der Waals surface area contributed by atoms with Crippen molar-refractivity contribution in [2.45, 2.75) is 24.5 Å². The number of nitriles is 1. The van der Waals surface area contributed by atoms with E-state index in [-0.39, 0.29) is 12.0 Å². The highest BCUT2D eigenvalue weighted by Crippen LogP contribution is 2.33. The molecular formula is C19H25N3O3. The molecule has 1 spiro atoms. The Balaban J connectivity index is 1.74. The van der Waals surface area contributed by atoms with Crippen molar-refractivity contribution in [1.82, 2.24) is 9.80 Å². The molecule has 0 N–H and O–H groups in total. The molecule has 2 atom stereocenters. The number of likely N-dealkylation sites (N-methyl/N-ethyl adjacent to an activating group) is 1. The first-order chi connectivity index (χ1) is 12.0. The third-order valence-corrected chi connectivity index (χ3v) is 4.78. The molecule has 3 rings (SSSR count). The molecule has 2 fully saturated rings. The average molecular weight is 343 g/mol. The van der Waals surface area contributed by atoms with E-state index in [0.717, 1.165) is 19.4 Å². The van der Waals surface area contributed by atoms with Gasteiger partial charge in [-0.3, -0.25) is 4.79 Å². The number of carbonyl (C=O) groups is 1. The van der Waals surface area contributed by atoms with E-state index in [1.54, 1.807) is 24.3 Å². The molecule has 2 heterocycles. The lowest BCUT2D eigenvalue weighted by atomic mass is 9.99. The summed E-state index contributed by atoms with van der Waals surface area (Å²) in [4.78, 5) is 16.8. The van der Waals surface area contributed by atoms with E-state index in [1.165, 1.54) is 0 Å². The van der Waals surface area contributed by atoms with Crippen molar-refractivity contribution < 1.29 is 14.3 Å². The second-order valence-corrected chi connectivity index (χ2v) is 7.20. The standard InChI is InChI=1S/C19H25N3O3/c1-21(2)12-17-6-7-19(25-17)13-22(8-9-24-14-19)18(23)16-5-3-4-15(10-16)11-20/h3-5,10,17H,6-9,12-14H2,1-2H3. The normalized spacial score (nSPS) is 26.6. The smallest absolute Gasteiger partial charge is 0.254 e. The Morgan fingerprint density at radius 1 is 1.48 bits per heavy atom. The van der Waals surface area contributed by atoms with Gasteiger partial charge >= 0.3 is 0 Å². The van der Waals surface area contributed by atoms with Crippen LogP contribution >= 0.6 is 0 Å². The maximum Gasteiger partial charge on any atom is 0.254 e. The minimum absolute atomic E-state index is 0.0679. The molecule has 1 aromatic rings.